The number of nitrogens with zero attached hydrogens (tertiary/aromatic N) is 2. The Morgan fingerprint density at radius 1 is 1.25 bits per heavy atom. The van der Waals surface area contributed by atoms with Gasteiger partial charge in [-0.15, -0.1) is 11.3 Å². The molecule has 3 heterocycles. The second-order valence-electron chi connectivity index (χ2n) is 8.14. The van der Waals surface area contributed by atoms with Gasteiger partial charge in [-0.25, -0.2) is 4.98 Å². The number of hydrogen-bond donors (Lipinski definition) is 0. The highest BCUT2D eigenvalue weighted by Gasteiger charge is 2.29. The Kier molecular flexibility index (Phi) is 7.27. The second kappa shape index (κ2) is 10.3. The van der Waals surface area contributed by atoms with Crippen LogP contribution in [0.25, 0.3) is 10.8 Å². The number of hydrogen-bond acceptors (Lipinski definition) is 7. The van der Waals surface area contributed by atoms with Crippen LogP contribution in [0, 0.1) is 13.8 Å². The zero-order chi connectivity index (χ0) is 22.5. The van der Waals surface area contributed by atoms with E-state index in [-0.39, 0.29) is 12.0 Å². The summed E-state index contributed by atoms with van der Waals surface area (Å²) in [6, 6.07) is 9.98. The Morgan fingerprint density at radius 2 is 2.12 bits per heavy atom. The molecule has 4 rings (SSSR count). The third-order valence-corrected chi connectivity index (χ3v) is 6.94. The standard InChI is InChI=1S/C25H30N2O4S/c1-17-19(16-27-13-5-4-9-21(27)25(28)29-3)8-6-10-22(17)30-14-12-20-18(2)31-24(26-20)23-11-7-15-32-23/h6-8,10-11,15,21H,4-5,9,12-14,16H2,1-3H3. The van der Waals surface area contributed by atoms with Gasteiger partial charge in [0.1, 0.15) is 17.6 Å². The van der Waals surface area contributed by atoms with Crippen molar-refractivity contribution in [3.05, 3.63) is 58.3 Å². The van der Waals surface area contributed by atoms with Gasteiger partial charge in [0.15, 0.2) is 0 Å². The molecule has 0 saturated carbocycles. The van der Waals surface area contributed by atoms with Gasteiger partial charge < -0.3 is 13.9 Å². The molecule has 1 saturated heterocycles. The summed E-state index contributed by atoms with van der Waals surface area (Å²) in [6.45, 7) is 6.17. The topological polar surface area (TPSA) is 64.8 Å². The molecule has 1 atom stereocenters. The predicted octanol–water partition coefficient (Wildman–Crippen LogP) is 5.17. The van der Waals surface area contributed by atoms with Gasteiger partial charge in [-0.2, -0.15) is 0 Å². The SMILES string of the molecule is COC(=O)C1CCCCN1Cc1cccc(OCCc2nc(-c3cccs3)oc2C)c1C. The number of carbonyl (C=O) groups is 1. The summed E-state index contributed by atoms with van der Waals surface area (Å²) in [5.41, 5.74) is 3.21. The quantitative estimate of drug-likeness (QED) is 0.438. The summed E-state index contributed by atoms with van der Waals surface area (Å²) < 4.78 is 17.0. The lowest BCUT2D eigenvalue weighted by Crippen LogP contribution is -2.44. The third kappa shape index (κ3) is 5.05. The number of carbonyl (C=O) groups excluding carboxylic acids is 1. The lowest BCUT2D eigenvalue weighted by atomic mass is 10.00. The zero-order valence-electron chi connectivity index (χ0n) is 18.9. The maximum absolute atomic E-state index is 12.2. The fraction of sp³-hybridized carbons (Fsp3) is 0.440. The zero-order valence-corrected chi connectivity index (χ0v) is 19.7. The van der Waals surface area contributed by atoms with E-state index in [0.29, 0.717) is 18.9 Å². The molecule has 0 N–H and O–H groups in total. The van der Waals surface area contributed by atoms with Crippen LogP contribution in [0.15, 0.2) is 40.1 Å². The Hall–Kier alpha value is -2.64. The number of esters is 1. The predicted molar refractivity (Wildman–Crippen MR) is 125 cm³/mol. The van der Waals surface area contributed by atoms with Crippen LogP contribution in [0.1, 0.15) is 41.8 Å². The summed E-state index contributed by atoms with van der Waals surface area (Å²) in [4.78, 5) is 20.1. The highest BCUT2D eigenvalue weighted by Crippen LogP contribution is 2.28. The van der Waals surface area contributed by atoms with Crippen molar-refractivity contribution in [2.45, 2.75) is 52.1 Å². The maximum Gasteiger partial charge on any atom is 0.323 e. The van der Waals surface area contributed by atoms with Crippen molar-refractivity contribution >= 4 is 17.3 Å². The minimum Gasteiger partial charge on any atom is -0.493 e. The number of benzene rings is 1. The number of rotatable bonds is 8. The largest absolute Gasteiger partial charge is 0.493 e. The van der Waals surface area contributed by atoms with Crippen LogP contribution in [0.2, 0.25) is 0 Å². The van der Waals surface area contributed by atoms with Gasteiger partial charge in [-0.3, -0.25) is 9.69 Å². The van der Waals surface area contributed by atoms with Crippen LogP contribution >= 0.6 is 11.3 Å². The fourth-order valence-corrected chi connectivity index (χ4v) is 4.86. The monoisotopic (exact) mass is 454 g/mol. The van der Waals surface area contributed by atoms with Crippen molar-refractivity contribution in [3.8, 4) is 16.5 Å². The average molecular weight is 455 g/mol. The summed E-state index contributed by atoms with van der Waals surface area (Å²) in [5.74, 6) is 2.24. The number of oxazole rings is 1. The normalized spacial score (nSPS) is 16.8. The highest BCUT2D eigenvalue weighted by atomic mass is 32.1. The molecule has 1 aliphatic rings. The summed E-state index contributed by atoms with van der Waals surface area (Å²) in [7, 11) is 1.47. The molecule has 7 heteroatoms. The number of piperidine rings is 1. The molecule has 170 valence electrons. The Morgan fingerprint density at radius 3 is 2.91 bits per heavy atom. The smallest absolute Gasteiger partial charge is 0.323 e. The van der Waals surface area contributed by atoms with E-state index in [1.807, 2.05) is 36.6 Å². The van der Waals surface area contributed by atoms with Gasteiger partial charge in [-0.05, 0) is 61.9 Å². The van der Waals surface area contributed by atoms with E-state index in [1.54, 1.807) is 11.3 Å². The van der Waals surface area contributed by atoms with Crippen molar-refractivity contribution in [1.82, 2.24) is 9.88 Å². The van der Waals surface area contributed by atoms with Crippen molar-refractivity contribution in [2.24, 2.45) is 0 Å². The highest BCUT2D eigenvalue weighted by molar-refractivity contribution is 7.13. The first-order valence-corrected chi connectivity index (χ1v) is 12.0. The molecular formula is C25H30N2O4S. The number of ether oxygens (including phenoxy) is 2. The van der Waals surface area contributed by atoms with E-state index in [4.69, 9.17) is 13.9 Å². The summed E-state index contributed by atoms with van der Waals surface area (Å²) >= 11 is 1.62. The molecule has 32 heavy (non-hydrogen) atoms. The van der Waals surface area contributed by atoms with Gasteiger partial charge in [0.25, 0.3) is 0 Å². The van der Waals surface area contributed by atoms with Gasteiger partial charge >= 0.3 is 5.97 Å². The number of aryl methyl sites for hydroxylation is 1. The maximum atomic E-state index is 12.2. The van der Waals surface area contributed by atoms with E-state index in [2.05, 4.69) is 22.9 Å². The lowest BCUT2D eigenvalue weighted by Gasteiger charge is -2.34. The van der Waals surface area contributed by atoms with Gasteiger partial charge in [0.05, 0.1) is 24.3 Å². The number of thiophene rings is 1. The molecule has 1 fully saturated rings. The van der Waals surface area contributed by atoms with Crippen molar-refractivity contribution in [2.75, 3.05) is 20.3 Å². The van der Waals surface area contributed by atoms with Gasteiger partial charge in [-0.1, -0.05) is 24.6 Å². The van der Waals surface area contributed by atoms with Crippen LogP contribution in [-0.2, 0) is 22.5 Å². The summed E-state index contributed by atoms with van der Waals surface area (Å²) in [5, 5.41) is 2.02. The van der Waals surface area contributed by atoms with E-state index >= 15 is 0 Å². The van der Waals surface area contributed by atoms with Crippen molar-refractivity contribution in [1.29, 1.82) is 0 Å². The minimum atomic E-state index is -0.162. The van der Waals surface area contributed by atoms with Crippen LogP contribution in [0.4, 0.5) is 0 Å². The number of methoxy groups -OCH3 is 1. The summed E-state index contributed by atoms with van der Waals surface area (Å²) in [6.07, 6.45) is 3.70. The van der Waals surface area contributed by atoms with Crippen molar-refractivity contribution in [3.63, 3.8) is 0 Å². The minimum absolute atomic E-state index is 0.139. The number of likely N-dealkylation sites (tertiary alicyclic amines) is 1. The molecule has 0 radical (unpaired) electrons. The molecule has 0 aliphatic carbocycles. The Balaban J connectivity index is 1.39. The lowest BCUT2D eigenvalue weighted by molar-refractivity contribution is -0.148. The molecule has 0 amide bonds. The first-order valence-electron chi connectivity index (χ1n) is 11.1. The van der Waals surface area contributed by atoms with Crippen LogP contribution < -0.4 is 4.74 Å². The van der Waals surface area contributed by atoms with Crippen molar-refractivity contribution < 1.29 is 18.7 Å². The molecule has 2 aromatic heterocycles. The first kappa shape index (κ1) is 22.6. The van der Waals surface area contributed by atoms with E-state index < -0.39 is 0 Å². The Bertz CT molecular complexity index is 1040. The van der Waals surface area contributed by atoms with E-state index in [0.717, 1.165) is 60.0 Å². The van der Waals surface area contributed by atoms with E-state index in [1.165, 1.54) is 12.7 Å². The molecule has 6 nitrogen and oxygen atoms in total. The number of aromatic nitrogens is 1. The molecule has 1 unspecified atom stereocenters. The molecule has 3 aromatic rings. The molecule has 1 aromatic carbocycles. The molecule has 1 aliphatic heterocycles. The molecular weight excluding hydrogens is 424 g/mol. The second-order valence-corrected chi connectivity index (χ2v) is 9.09. The average Bonchev–Trinajstić information content (AvgIpc) is 3.46. The van der Waals surface area contributed by atoms with Crippen LogP contribution in [-0.4, -0.2) is 42.2 Å². The molecule has 0 spiro atoms. The fourth-order valence-electron chi connectivity index (χ4n) is 4.21. The van der Waals surface area contributed by atoms with Gasteiger partial charge in [0, 0.05) is 13.0 Å². The van der Waals surface area contributed by atoms with Crippen LogP contribution in [0.5, 0.6) is 5.75 Å². The van der Waals surface area contributed by atoms with Crippen LogP contribution in [0.3, 0.4) is 0 Å². The molecule has 0 bridgehead atoms. The first-order chi connectivity index (χ1) is 15.6. The third-order valence-electron chi connectivity index (χ3n) is 6.08. The van der Waals surface area contributed by atoms with E-state index in [9.17, 15) is 4.79 Å². The van der Waals surface area contributed by atoms with Gasteiger partial charge in [0.2, 0.25) is 5.89 Å². The Labute approximate surface area is 193 Å².